The van der Waals surface area contributed by atoms with Crippen molar-refractivity contribution in [2.75, 3.05) is 7.11 Å². The van der Waals surface area contributed by atoms with Crippen LogP contribution in [0, 0.1) is 0 Å². The van der Waals surface area contributed by atoms with Gasteiger partial charge in [0.25, 0.3) is 0 Å². The van der Waals surface area contributed by atoms with Crippen LogP contribution in [-0.4, -0.2) is 18.3 Å². The first-order chi connectivity index (χ1) is 7.13. The summed E-state index contributed by atoms with van der Waals surface area (Å²) >= 11 is 5.91. The number of rotatable bonds is 5. The van der Waals surface area contributed by atoms with E-state index in [-0.39, 0.29) is 6.10 Å². The number of benzene rings is 1. The van der Waals surface area contributed by atoms with Gasteiger partial charge in [0, 0.05) is 5.02 Å². The second-order valence-corrected chi connectivity index (χ2v) is 4.13. The molecule has 0 bridgehead atoms. The van der Waals surface area contributed by atoms with Crippen LogP contribution in [-0.2, 0) is 6.42 Å². The highest BCUT2D eigenvalue weighted by Gasteiger charge is 2.04. The molecule has 1 aromatic carbocycles. The Kier molecular flexibility index (Phi) is 4.92. The van der Waals surface area contributed by atoms with E-state index in [9.17, 15) is 0 Å². The first-order valence-corrected chi connectivity index (χ1v) is 5.51. The SMILES string of the molecule is COc1ccc(Cl)cc1CCCC(C)O. The molecule has 0 fully saturated rings. The fourth-order valence-corrected chi connectivity index (χ4v) is 1.73. The minimum atomic E-state index is -0.241. The van der Waals surface area contributed by atoms with Gasteiger partial charge >= 0.3 is 0 Å². The fraction of sp³-hybridized carbons (Fsp3) is 0.500. The topological polar surface area (TPSA) is 29.5 Å². The van der Waals surface area contributed by atoms with Gasteiger partial charge in [-0.15, -0.1) is 0 Å². The quantitative estimate of drug-likeness (QED) is 0.840. The van der Waals surface area contributed by atoms with E-state index in [1.54, 1.807) is 14.0 Å². The lowest BCUT2D eigenvalue weighted by Crippen LogP contribution is -2.00. The Morgan fingerprint density at radius 1 is 1.47 bits per heavy atom. The molecule has 0 saturated heterocycles. The summed E-state index contributed by atoms with van der Waals surface area (Å²) in [5, 5.41) is 9.88. The van der Waals surface area contributed by atoms with Gasteiger partial charge in [-0.2, -0.15) is 0 Å². The highest BCUT2D eigenvalue weighted by Crippen LogP contribution is 2.24. The molecule has 0 aliphatic carbocycles. The highest BCUT2D eigenvalue weighted by atomic mass is 35.5. The van der Waals surface area contributed by atoms with E-state index in [0.29, 0.717) is 0 Å². The predicted molar refractivity (Wildman–Crippen MR) is 62.6 cm³/mol. The monoisotopic (exact) mass is 228 g/mol. The zero-order chi connectivity index (χ0) is 11.3. The van der Waals surface area contributed by atoms with Gasteiger partial charge in [-0.1, -0.05) is 11.6 Å². The lowest BCUT2D eigenvalue weighted by Gasteiger charge is -2.09. The van der Waals surface area contributed by atoms with Crippen molar-refractivity contribution in [3.63, 3.8) is 0 Å². The van der Waals surface area contributed by atoms with Crippen LogP contribution in [0.3, 0.4) is 0 Å². The molecule has 1 atom stereocenters. The largest absolute Gasteiger partial charge is 0.496 e. The summed E-state index contributed by atoms with van der Waals surface area (Å²) in [5.74, 6) is 0.866. The normalized spacial score (nSPS) is 12.5. The second kappa shape index (κ2) is 5.99. The first kappa shape index (κ1) is 12.3. The maximum absolute atomic E-state index is 9.15. The number of aryl methyl sites for hydroxylation is 1. The third-order valence-corrected chi connectivity index (χ3v) is 2.55. The predicted octanol–water partition coefficient (Wildman–Crippen LogP) is 3.05. The van der Waals surface area contributed by atoms with Crippen LogP contribution in [0.5, 0.6) is 5.75 Å². The maximum atomic E-state index is 9.15. The third kappa shape index (κ3) is 4.10. The Balaban J connectivity index is 2.62. The molecule has 0 aromatic heterocycles. The molecule has 1 unspecified atom stereocenters. The number of aliphatic hydroxyl groups is 1. The Morgan fingerprint density at radius 3 is 2.80 bits per heavy atom. The van der Waals surface area contributed by atoms with Crippen molar-refractivity contribution < 1.29 is 9.84 Å². The van der Waals surface area contributed by atoms with E-state index in [2.05, 4.69) is 0 Å². The molecule has 0 amide bonds. The molecule has 2 nitrogen and oxygen atoms in total. The smallest absolute Gasteiger partial charge is 0.122 e. The summed E-state index contributed by atoms with van der Waals surface area (Å²) in [5.41, 5.74) is 1.10. The van der Waals surface area contributed by atoms with Crippen molar-refractivity contribution in [2.45, 2.75) is 32.3 Å². The van der Waals surface area contributed by atoms with Crippen molar-refractivity contribution in [3.05, 3.63) is 28.8 Å². The molecular weight excluding hydrogens is 212 g/mol. The number of methoxy groups -OCH3 is 1. The van der Waals surface area contributed by atoms with E-state index >= 15 is 0 Å². The van der Waals surface area contributed by atoms with E-state index in [1.807, 2.05) is 18.2 Å². The summed E-state index contributed by atoms with van der Waals surface area (Å²) in [6.07, 6.45) is 2.38. The van der Waals surface area contributed by atoms with Gasteiger partial charge < -0.3 is 9.84 Å². The summed E-state index contributed by atoms with van der Waals surface area (Å²) < 4.78 is 5.24. The Morgan fingerprint density at radius 2 is 2.20 bits per heavy atom. The zero-order valence-corrected chi connectivity index (χ0v) is 9.92. The van der Waals surface area contributed by atoms with Gasteiger partial charge in [0.1, 0.15) is 5.75 Å². The van der Waals surface area contributed by atoms with Crippen LogP contribution >= 0.6 is 11.6 Å². The molecular formula is C12H17ClO2. The molecule has 0 saturated carbocycles. The first-order valence-electron chi connectivity index (χ1n) is 5.14. The van der Waals surface area contributed by atoms with Crippen LogP contribution in [0.15, 0.2) is 18.2 Å². The summed E-state index contributed by atoms with van der Waals surface area (Å²) in [4.78, 5) is 0. The Hall–Kier alpha value is -0.730. The van der Waals surface area contributed by atoms with Crippen LogP contribution in [0.25, 0.3) is 0 Å². The van der Waals surface area contributed by atoms with Crippen molar-refractivity contribution in [2.24, 2.45) is 0 Å². The molecule has 1 rings (SSSR count). The zero-order valence-electron chi connectivity index (χ0n) is 9.16. The van der Waals surface area contributed by atoms with Crippen LogP contribution in [0.4, 0.5) is 0 Å². The highest BCUT2D eigenvalue weighted by molar-refractivity contribution is 6.30. The Bertz CT molecular complexity index is 310. The Labute approximate surface area is 95.8 Å². The fourth-order valence-electron chi connectivity index (χ4n) is 1.53. The number of aliphatic hydroxyl groups excluding tert-OH is 1. The third-order valence-electron chi connectivity index (χ3n) is 2.31. The molecule has 0 heterocycles. The molecule has 3 heteroatoms. The van der Waals surface area contributed by atoms with Gasteiger partial charge in [0.15, 0.2) is 0 Å². The van der Waals surface area contributed by atoms with E-state index in [0.717, 1.165) is 35.6 Å². The van der Waals surface area contributed by atoms with Crippen molar-refractivity contribution in [1.29, 1.82) is 0 Å². The van der Waals surface area contributed by atoms with E-state index < -0.39 is 0 Å². The summed E-state index contributed by atoms with van der Waals surface area (Å²) in [7, 11) is 1.65. The molecule has 0 aliphatic rings. The van der Waals surface area contributed by atoms with Gasteiger partial charge in [-0.3, -0.25) is 0 Å². The van der Waals surface area contributed by atoms with Crippen molar-refractivity contribution in [1.82, 2.24) is 0 Å². The molecule has 1 aromatic rings. The molecule has 84 valence electrons. The van der Waals surface area contributed by atoms with Crippen molar-refractivity contribution in [3.8, 4) is 5.75 Å². The summed E-state index contributed by atoms with van der Waals surface area (Å²) in [6.45, 7) is 1.80. The van der Waals surface area contributed by atoms with E-state index in [1.165, 1.54) is 0 Å². The van der Waals surface area contributed by atoms with Crippen LogP contribution in [0.1, 0.15) is 25.3 Å². The molecule has 15 heavy (non-hydrogen) atoms. The molecule has 1 N–H and O–H groups in total. The average Bonchev–Trinajstić information content (AvgIpc) is 2.17. The molecule has 0 aliphatic heterocycles. The standard InChI is InChI=1S/C12H17ClO2/c1-9(14)4-3-5-10-8-11(13)6-7-12(10)15-2/h6-9,14H,3-5H2,1-2H3. The minimum absolute atomic E-state index is 0.241. The lowest BCUT2D eigenvalue weighted by molar-refractivity contribution is 0.181. The van der Waals surface area contributed by atoms with Gasteiger partial charge in [0.05, 0.1) is 13.2 Å². The van der Waals surface area contributed by atoms with Gasteiger partial charge in [0.2, 0.25) is 0 Å². The van der Waals surface area contributed by atoms with Gasteiger partial charge in [-0.25, -0.2) is 0 Å². The minimum Gasteiger partial charge on any atom is -0.496 e. The number of halogens is 1. The van der Waals surface area contributed by atoms with E-state index in [4.69, 9.17) is 21.4 Å². The molecule has 0 radical (unpaired) electrons. The number of ether oxygens (including phenoxy) is 1. The van der Waals surface area contributed by atoms with Crippen molar-refractivity contribution >= 4 is 11.6 Å². The second-order valence-electron chi connectivity index (χ2n) is 3.70. The maximum Gasteiger partial charge on any atom is 0.122 e. The molecule has 0 spiro atoms. The summed E-state index contributed by atoms with van der Waals surface area (Å²) in [6, 6.07) is 5.61. The number of hydrogen-bond acceptors (Lipinski definition) is 2. The average molecular weight is 229 g/mol. The van der Waals surface area contributed by atoms with Gasteiger partial charge in [-0.05, 0) is 49.9 Å². The van der Waals surface area contributed by atoms with Crippen LogP contribution in [0.2, 0.25) is 5.02 Å². The van der Waals surface area contributed by atoms with Crippen LogP contribution < -0.4 is 4.74 Å². The lowest BCUT2D eigenvalue weighted by atomic mass is 10.1. The number of hydrogen-bond donors (Lipinski definition) is 1.